The highest BCUT2D eigenvalue weighted by molar-refractivity contribution is 5.21. The van der Waals surface area contributed by atoms with E-state index in [4.69, 9.17) is 4.74 Å². The van der Waals surface area contributed by atoms with E-state index in [9.17, 15) is 8.78 Å². The van der Waals surface area contributed by atoms with Crippen LogP contribution in [0.5, 0.6) is 5.88 Å². The van der Waals surface area contributed by atoms with Crippen molar-refractivity contribution in [3.63, 3.8) is 0 Å². The molecule has 1 aliphatic rings. The lowest BCUT2D eigenvalue weighted by molar-refractivity contribution is 0.136. The number of rotatable bonds is 4. The maximum absolute atomic E-state index is 13.2. The molecule has 3 rings (SSSR count). The number of hydrogen-bond donors (Lipinski definition) is 1. The summed E-state index contributed by atoms with van der Waals surface area (Å²) in [5.41, 5.74) is 1.01. The first-order valence-corrected chi connectivity index (χ1v) is 6.98. The number of nitrogens with zero attached hydrogens (tertiary/aromatic N) is 1. The first kappa shape index (κ1) is 13.9. The Labute approximate surface area is 122 Å². The Kier molecular flexibility index (Phi) is 4.10. The molecular weight excluding hydrogens is 274 g/mol. The van der Waals surface area contributed by atoms with Gasteiger partial charge in [-0.3, -0.25) is 0 Å². The largest absolute Gasteiger partial charge is 0.469 e. The quantitative estimate of drug-likeness (QED) is 0.879. The molecule has 3 nitrogen and oxygen atoms in total. The van der Waals surface area contributed by atoms with Crippen LogP contribution in [0.1, 0.15) is 18.1 Å². The maximum Gasteiger partial charge on any atom is 0.252 e. The fraction of sp³-hybridized carbons (Fsp3) is 0.312. The molecule has 0 spiro atoms. The van der Waals surface area contributed by atoms with Crippen LogP contribution in [-0.2, 0) is 0 Å². The summed E-state index contributed by atoms with van der Waals surface area (Å²) in [5, 5.41) is 3.29. The average molecular weight is 290 g/mol. The molecule has 0 aliphatic carbocycles. The smallest absolute Gasteiger partial charge is 0.252 e. The molecule has 0 bridgehead atoms. The third-order valence-electron chi connectivity index (χ3n) is 3.68. The van der Waals surface area contributed by atoms with Gasteiger partial charge in [0.1, 0.15) is 6.10 Å². The lowest BCUT2D eigenvalue weighted by atomic mass is 9.95. The summed E-state index contributed by atoms with van der Waals surface area (Å²) in [7, 11) is 0. The molecule has 21 heavy (non-hydrogen) atoms. The van der Waals surface area contributed by atoms with Gasteiger partial charge in [0.05, 0.1) is 0 Å². The van der Waals surface area contributed by atoms with E-state index < -0.39 is 11.8 Å². The van der Waals surface area contributed by atoms with E-state index in [1.54, 1.807) is 0 Å². The number of ether oxygens (including phenoxy) is 1. The number of nitrogens with one attached hydrogen (secondary N) is 1. The summed E-state index contributed by atoms with van der Waals surface area (Å²) >= 11 is 0. The van der Waals surface area contributed by atoms with E-state index in [2.05, 4.69) is 10.3 Å². The van der Waals surface area contributed by atoms with Crippen molar-refractivity contribution in [2.75, 3.05) is 13.1 Å². The molecule has 1 aromatic heterocycles. The molecule has 1 unspecified atom stereocenters. The first-order chi connectivity index (χ1) is 10.2. The van der Waals surface area contributed by atoms with Crippen LogP contribution in [-0.4, -0.2) is 18.1 Å². The SMILES string of the molecule is Fc1ccc(OC(c2ccccc2)[C@H]2CCNC2)nc1F. The van der Waals surface area contributed by atoms with Crippen LogP contribution in [0, 0.1) is 17.7 Å². The Hall–Kier alpha value is -2.01. The Morgan fingerprint density at radius 2 is 1.95 bits per heavy atom. The van der Waals surface area contributed by atoms with Gasteiger partial charge in [-0.05, 0) is 24.6 Å². The van der Waals surface area contributed by atoms with Gasteiger partial charge in [-0.15, -0.1) is 0 Å². The highest BCUT2D eigenvalue weighted by Gasteiger charge is 2.28. The molecule has 5 heteroatoms. The van der Waals surface area contributed by atoms with E-state index in [0.29, 0.717) is 0 Å². The minimum absolute atomic E-state index is 0.106. The van der Waals surface area contributed by atoms with Crippen molar-refractivity contribution in [3.8, 4) is 5.88 Å². The average Bonchev–Trinajstić information content (AvgIpc) is 3.03. The zero-order valence-corrected chi connectivity index (χ0v) is 11.4. The molecular formula is C16H16F2N2O. The number of pyridine rings is 1. The Morgan fingerprint density at radius 3 is 2.62 bits per heavy atom. The fourth-order valence-electron chi connectivity index (χ4n) is 2.61. The fourth-order valence-corrected chi connectivity index (χ4v) is 2.61. The number of benzene rings is 1. The molecule has 1 N–H and O–H groups in total. The number of halogens is 2. The van der Waals surface area contributed by atoms with Gasteiger partial charge in [-0.25, -0.2) is 4.39 Å². The lowest BCUT2D eigenvalue weighted by Gasteiger charge is -2.24. The molecule has 2 aromatic rings. The van der Waals surface area contributed by atoms with Gasteiger partial charge in [-0.2, -0.15) is 9.37 Å². The third-order valence-corrected chi connectivity index (χ3v) is 3.68. The van der Waals surface area contributed by atoms with Crippen LogP contribution in [0.25, 0.3) is 0 Å². The summed E-state index contributed by atoms with van der Waals surface area (Å²) in [6, 6.07) is 12.2. The van der Waals surface area contributed by atoms with Gasteiger partial charge in [0.25, 0.3) is 5.95 Å². The van der Waals surface area contributed by atoms with Gasteiger partial charge in [0.15, 0.2) is 5.82 Å². The van der Waals surface area contributed by atoms with Crippen molar-refractivity contribution in [2.45, 2.75) is 12.5 Å². The maximum atomic E-state index is 13.2. The molecule has 2 heterocycles. The van der Waals surface area contributed by atoms with Crippen LogP contribution < -0.4 is 10.1 Å². The summed E-state index contributed by atoms with van der Waals surface area (Å²) in [4.78, 5) is 3.53. The Bertz CT molecular complexity index is 600. The van der Waals surface area contributed by atoms with Gasteiger partial charge >= 0.3 is 0 Å². The summed E-state index contributed by atoms with van der Waals surface area (Å²) in [6.07, 6.45) is 0.752. The van der Waals surface area contributed by atoms with Crippen molar-refractivity contribution in [3.05, 3.63) is 59.8 Å². The highest BCUT2D eigenvalue weighted by Crippen LogP contribution is 2.31. The van der Waals surface area contributed by atoms with Crippen LogP contribution in [0.2, 0.25) is 0 Å². The standard InChI is InChI=1S/C16H16F2N2O/c17-13-6-7-14(20-16(13)18)21-15(12-8-9-19-10-12)11-4-2-1-3-5-11/h1-7,12,15,19H,8-10H2/t12-,15?/m0/s1. The Balaban J connectivity index is 1.86. The van der Waals surface area contributed by atoms with Gasteiger partial charge < -0.3 is 10.1 Å². The minimum Gasteiger partial charge on any atom is -0.469 e. The summed E-state index contributed by atoms with van der Waals surface area (Å²) < 4.78 is 32.1. The zero-order valence-electron chi connectivity index (χ0n) is 11.4. The second-order valence-electron chi connectivity index (χ2n) is 5.12. The highest BCUT2D eigenvalue weighted by atomic mass is 19.2. The Morgan fingerprint density at radius 1 is 1.14 bits per heavy atom. The zero-order chi connectivity index (χ0) is 14.7. The molecule has 0 saturated carbocycles. The van der Waals surface area contributed by atoms with Gasteiger partial charge in [0.2, 0.25) is 5.88 Å². The van der Waals surface area contributed by atoms with Crippen molar-refractivity contribution >= 4 is 0 Å². The second-order valence-corrected chi connectivity index (χ2v) is 5.12. The van der Waals surface area contributed by atoms with E-state index in [1.165, 1.54) is 6.07 Å². The molecule has 0 radical (unpaired) electrons. The van der Waals surface area contributed by atoms with E-state index >= 15 is 0 Å². The third kappa shape index (κ3) is 3.19. The van der Waals surface area contributed by atoms with Crippen molar-refractivity contribution < 1.29 is 13.5 Å². The predicted molar refractivity (Wildman–Crippen MR) is 74.9 cm³/mol. The topological polar surface area (TPSA) is 34.1 Å². The lowest BCUT2D eigenvalue weighted by Crippen LogP contribution is -2.21. The normalized spacial score (nSPS) is 19.4. The summed E-state index contributed by atoms with van der Waals surface area (Å²) in [6.45, 7) is 1.77. The van der Waals surface area contributed by atoms with Crippen molar-refractivity contribution in [2.24, 2.45) is 5.92 Å². The number of aromatic nitrogens is 1. The van der Waals surface area contributed by atoms with Gasteiger partial charge in [-0.1, -0.05) is 30.3 Å². The van der Waals surface area contributed by atoms with Gasteiger partial charge in [0, 0.05) is 18.5 Å². The molecule has 1 saturated heterocycles. The van der Waals surface area contributed by atoms with Crippen LogP contribution in [0.4, 0.5) is 8.78 Å². The molecule has 1 aromatic carbocycles. The monoisotopic (exact) mass is 290 g/mol. The van der Waals surface area contributed by atoms with E-state index in [1.807, 2.05) is 30.3 Å². The minimum atomic E-state index is -1.14. The molecule has 0 amide bonds. The van der Waals surface area contributed by atoms with Crippen molar-refractivity contribution in [1.29, 1.82) is 0 Å². The van der Waals surface area contributed by atoms with Crippen LogP contribution in [0.3, 0.4) is 0 Å². The molecule has 110 valence electrons. The molecule has 2 atom stereocenters. The van der Waals surface area contributed by atoms with Crippen LogP contribution in [0.15, 0.2) is 42.5 Å². The predicted octanol–water partition coefficient (Wildman–Crippen LogP) is 3.09. The first-order valence-electron chi connectivity index (χ1n) is 6.98. The van der Waals surface area contributed by atoms with Crippen LogP contribution >= 0.6 is 0 Å². The molecule has 1 fully saturated rings. The second kappa shape index (κ2) is 6.18. The summed E-state index contributed by atoms with van der Waals surface area (Å²) in [5.74, 6) is -1.72. The van der Waals surface area contributed by atoms with E-state index in [-0.39, 0.29) is 17.9 Å². The molecule has 1 aliphatic heterocycles. The number of hydrogen-bond acceptors (Lipinski definition) is 3. The van der Waals surface area contributed by atoms with E-state index in [0.717, 1.165) is 31.1 Å². The van der Waals surface area contributed by atoms with Crippen molar-refractivity contribution in [1.82, 2.24) is 10.3 Å².